The highest BCUT2D eigenvalue weighted by Gasteiger charge is 2.17. The summed E-state index contributed by atoms with van der Waals surface area (Å²) in [5.41, 5.74) is 2.30. The van der Waals surface area contributed by atoms with Gasteiger partial charge in [0.2, 0.25) is 0 Å². The molecule has 1 aromatic carbocycles. The van der Waals surface area contributed by atoms with Gasteiger partial charge in [-0.15, -0.1) is 0 Å². The van der Waals surface area contributed by atoms with Crippen molar-refractivity contribution in [3.8, 4) is 11.3 Å². The molecule has 148 valence electrons. The number of hydrogen-bond acceptors (Lipinski definition) is 4. The number of carbonyl (C=O) groups is 1. The number of pyridine rings is 1. The summed E-state index contributed by atoms with van der Waals surface area (Å²) in [5.74, 6) is 1.39. The Labute approximate surface area is 177 Å². The lowest BCUT2D eigenvalue weighted by molar-refractivity contribution is 0.0775. The van der Waals surface area contributed by atoms with Crippen LogP contribution in [0.1, 0.15) is 36.0 Å². The lowest BCUT2D eigenvalue weighted by Gasteiger charge is -2.15. The molecule has 0 aliphatic heterocycles. The van der Waals surface area contributed by atoms with Crippen LogP contribution in [0.15, 0.2) is 63.7 Å². The van der Waals surface area contributed by atoms with Gasteiger partial charge in [-0.25, -0.2) is 9.67 Å². The molecule has 0 spiro atoms. The molecule has 0 fully saturated rings. The van der Waals surface area contributed by atoms with Crippen molar-refractivity contribution >= 4 is 32.9 Å². The number of halogens is 1. The van der Waals surface area contributed by atoms with Crippen molar-refractivity contribution in [2.24, 2.45) is 0 Å². The van der Waals surface area contributed by atoms with Crippen LogP contribution in [0, 0.1) is 0 Å². The van der Waals surface area contributed by atoms with Crippen LogP contribution in [0.25, 0.3) is 22.4 Å². The first kappa shape index (κ1) is 19.4. The summed E-state index contributed by atoms with van der Waals surface area (Å²) in [6.07, 6.45) is 3.35. The van der Waals surface area contributed by atoms with E-state index in [-0.39, 0.29) is 11.9 Å². The Morgan fingerprint density at radius 2 is 1.93 bits per heavy atom. The van der Waals surface area contributed by atoms with E-state index in [9.17, 15) is 4.79 Å². The number of rotatable bonds is 5. The molecular weight excluding hydrogens is 432 g/mol. The SMILES string of the molecule is CC(C)n1ncc2cc(C(=O)N(C)Cc3ccc(-c4ccc(Br)cc4)o3)cnc21. The summed E-state index contributed by atoms with van der Waals surface area (Å²) >= 11 is 3.43. The molecule has 7 heteroatoms. The van der Waals surface area contributed by atoms with Crippen LogP contribution < -0.4 is 0 Å². The Bertz CT molecular complexity index is 1160. The maximum Gasteiger partial charge on any atom is 0.255 e. The molecule has 0 aliphatic rings. The molecule has 0 saturated heterocycles. The third-order valence-corrected chi connectivity index (χ3v) is 5.23. The fraction of sp³-hybridized carbons (Fsp3) is 0.227. The first-order chi connectivity index (χ1) is 13.9. The highest BCUT2D eigenvalue weighted by Crippen LogP contribution is 2.25. The van der Waals surface area contributed by atoms with Crippen LogP contribution in [-0.2, 0) is 6.54 Å². The molecule has 4 aromatic rings. The molecule has 0 radical (unpaired) electrons. The van der Waals surface area contributed by atoms with Gasteiger partial charge in [-0.3, -0.25) is 4.79 Å². The van der Waals surface area contributed by atoms with E-state index in [1.807, 2.05) is 61.0 Å². The summed E-state index contributed by atoms with van der Waals surface area (Å²) in [6, 6.07) is 13.8. The summed E-state index contributed by atoms with van der Waals surface area (Å²) in [7, 11) is 1.76. The second kappa shape index (κ2) is 7.83. The minimum atomic E-state index is -0.113. The van der Waals surface area contributed by atoms with Crippen molar-refractivity contribution in [2.45, 2.75) is 26.4 Å². The summed E-state index contributed by atoms with van der Waals surface area (Å²) in [6.45, 7) is 4.47. The Morgan fingerprint density at radius 1 is 1.17 bits per heavy atom. The molecule has 1 amide bonds. The zero-order valence-electron chi connectivity index (χ0n) is 16.5. The molecule has 0 atom stereocenters. The van der Waals surface area contributed by atoms with Gasteiger partial charge in [-0.2, -0.15) is 5.10 Å². The number of furan rings is 1. The Hall–Kier alpha value is -2.93. The number of fused-ring (bicyclic) bond motifs is 1. The number of aromatic nitrogens is 3. The van der Waals surface area contributed by atoms with E-state index in [4.69, 9.17) is 4.42 Å². The van der Waals surface area contributed by atoms with Crippen LogP contribution >= 0.6 is 15.9 Å². The van der Waals surface area contributed by atoms with E-state index in [1.54, 1.807) is 24.3 Å². The van der Waals surface area contributed by atoms with Gasteiger partial charge >= 0.3 is 0 Å². The summed E-state index contributed by atoms with van der Waals surface area (Å²) < 4.78 is 8.79. The van der Waals surface area contributed by atoms with Gasteiger partial charge in [-0.1, -0.05) is 28.1 Å². The molecule has 0 N–H and O–H groups in total. The van der Waals surface area contributed by atoms with E-state index in [0.29, 0.717) is 12.1 Å². The highest BCUT2D eigenvalue weighted by atomic mass is 79.9. The minimum Gasteiger partial charge on any atom is -0.459 e. The minimum absolute atomic E-state index is 0.113. The normalized spacial score (nSPS) is 11.3. The molecule has 0 bridgehead atoms. The third kappa shape index (κ3) is 3.96. The fourth-order valence-corrected chi connectivity index (χ4v) is 3.46. The molecule has 0 saturated carbocycles. The van der Waals surface area contributed by atoms with Gasteiger partial charge in [0, 0.05) is 34.7 Å². The first-order valence-corrected chi connectivity index (χ1v) is 10.1. The molecule has 29 heavy (non-hydrogen) atoms. The van der Waals surface area contributed by atoms with Crippen molar-refractivity contribution in [1.82, 2.24) is 19.7 Å². The second-order valence-electron chi connectivity index (χ2n) is 7.25. The number of amides is 1. The van der Waals surface area contributed by atoms with E-state index < -0.39 is 0 Å². The van der Waals surface area contributed by atoms with Crippen molar-refractivity contribution < 1.29 is 9.21 Å². The number of hydrogen-bond donors (Lipinski definition) is 0. The number of nitrogens with zero attached hydrogens (tertiary/aromatic N) is 4. The zero-order chi connectivity index (χ0) is 20.5. The fourth-order valence-electron chi connectivity index (χ4n) is 3.19. The zero-order valence-corrected chi connectivity index (χ0v) is 18.0. The van der Waals surface area contributed by atoms with Gasteiger partial charge in [0.05, 0.1) is 18.3 Å². The third-order valence-electron chi connectivity index (χ3n) is 4.70. The monoisotopic (exact) mass is 452 g/mol. The number of benzene rings is 1. The van der Waals surface area contributed by atoms with Gasteiger partial charge in [0.25, 0.3) is 5.91 Å². The lowest BCUT2D eigenvalue weighted by Crippen LogP contribution is -2.26. The largest absolute Gasteiger partial charge is 0.459 e. The van der Waals surface area contributed by atoms with Crippen LogP contribution in [0.2, 0.25) is 0 Å². The quantitative estimate of drug-likeness (QED) is 0.411. The predicted molar refractivity (Wildman–Crippen MR) is 116 cm³/mol. The smallest absolute Gasteiger partial charge is 0.255 e. The Morgan fingerprint density at radius 3 is 2.66 bits per heavy atom. The van der Waals surface area contributed by atoms with Crippen molar-refractivity contribution in [1.29, 1.82) is 0 Å². The van der Waals surface area contributed by atoms with Gasteiger partial charge in [-0.05, 0) is 44.2 Å². The van der Waals surface area contributed by atoms with E-state index in [1.165, 1.54) is 0 Å². The predicted octanol–water partition coefficient (Wildman–Crippen LogP) is 5.31. The highest BCUT2D eigenvalue weighted by molar-refractivity contribution is 9.10. The van der Waals surface area contributed by atoms with E-state index in [2.05, 4.69) is 26.0 Å². The van der Waals surface area contributed by atoms with Crippen LogP contribution in [-0.4, -0.2) is 32.6 Å². The average Bonchev–Trinajstić information content (AvgIpc) is 3.34. The van der Waals surface area contributed by atoms with Gasteiger partial charge in [0.15, 0.2) is 5.65 Å². The molecular formula is C22H21BrN4O2. The van der Waals surface area contributed by atoms with Crippen LogP contribution in [0.3, 0.4) is 0 Å². The molecule has 0 aliphatic carbocycles. The first-order valence-electron chi connectivity index (χ1n) is 9.36. The van der Waals surface area contributed by atoms with E-state index in [0.717, 1.165) is 32.6 Å². The van der Waals surface area contributed by atoms with Gasteiger partial charge < -0.3 is 9.32 Å². The maximum absolute atomic E-state index is 12.9. The topological polar surface area (TPSA) is 64.2 Å². The second-order valence-corrected chi connectivity index (χ2v) is 8.17. The Balaban J connectivity index is 1.50. The molecule has 0 unspecified atom stereocenters. The average molecular weight is 453 g/mol. The van der Waals surface area contributed by atoms with Gasteiger partial charge in [0.1, 0.15) is 11.5 Å². The van der Waals surface area contributed by atoms with Crippen molar-refractivity contribution in [2.75, 3.05) is 7.05 Å². The lowest BCUT2D eigenvalue weighted by atomic mass is 10.2. The summed E-state index contributed by atoms with van der Waals surface area (Å²) in [4.78, 5) is 18.9. The molecule has 4 rings (SSSR count). The van der Waals surface area contributed by atoms with Crippen molar-refractivity contribution in [3.63, 3.8) is 0 Å². The molecule has 3 aromatic heterocycles. The summed E-state index contributed by atoms with van der Waals surface area (Å²) in [5, 5.41) is 5.21. The van der Waals surface area contributed by atoms with Crippen LogP contribution in [0.4, 0.5) is 0 Å². The van der Waals surface area contributed by atoms with Crippen LogP contribution in [0.5, 0.6) is 0 Å². The molecule has 3 heterocycles. The Kier molecular flexibility index (Phi) is 5.24. The van der Waals surface area contributed by atoms with E-state index >= 15 is 0 Å². The standard InChI is InChI=1S/C22H21BrN4O2/c1-14(2)27-21-16(12-25-27)10-17(11-24-21)22(28)26(3)13-19-8-9-20(29-19)15-4-6-18(23)7-5-15/h4-12,14H,13H2,1-3H3. The molecule has 6 nitrogen and oxygen atoms in total. The van der Waals surface area contributed by atoms with Crippen molar-refractivity contribution in [3.05, 3.63) is 70.7 Å². The number of carbonyl (C=O) groups excluding carboxylic acids is 1. The maximum atomic E-state index is 12.9.